The summed E-state index contributed by atoms with van der Waals surface area (Å²) in [5.41, 5.74) is 5.01. The van der Waals surface area contributed by atoms with E-state index < -0.39 is 0 Å². The molecule has 4 aromatic rings. The average Bonchev–Trinajstić information content (AvgIpc) is 3.28. The van der Waals surface area contributed by atoms with Crippen molar-refractivity contribution in [3.05, 3.63) is 46.9 Å². The Hall–Kier alpha value is -2.51. The highest BCUT2D eigenvalue weighted by atomic mass is 32.1. The number of likely N-dealkylation sites (tertiary alicyclic amines) is 1. The molecule has 1 aliphatic heterocycles. The molecule has 1 aliphatic rings. The minimum Gasteiger partial charge on any atom is -0.355 e. The van der Waals surface area contributed by atoms with Crippen molar-refractivity contribution in [2.75, 3.05) is 18.4 Å². The molecule has 0 spiro atoms. The number of fused-ring (bicyclic) bond motifs is 2. The quantitative estimate of drug-likeness (QED) is 0.456. The van der Waals surface area contributed by atoms with Crippen LogP contribution >= 0.6 is 22.7 Å². The van der Waals surface area contributed by atoms with Gasteiger partial charge in [-0.2, -0.15) is 0 Å². The number of aromatic nitrogens is 2. The molecule has 1 saturated heterocycles. The van der Waals surface area contributed by atoms with Crippen LogP contribution < -0.4 is 5.32 Å². The molecule has 1 amide bonds. The van der Waals surface area contributed by atoms with Gasteiger partial charge in [-0.3, -0.25) is 4.79 Å². The van der Waals surface area contributed by atoms with Crippen molar-refractivity contribution in [2.45, 2.75) is 32.1 Å². The third kappa shape index (κ3) is 3.72. The molecule has 5 nitrogen and oxygen atoms in total. The number of anilines is 2. The number of rotatable bonds is 3. The molecular formula is C22H22N4OS2. The second-order valence-corrected chi connectivity index (χ2v) is 9.47. The van der Waals surface area contributed by atoms with Crippen LogP contribution in [-0.4, -0.2) is 33.9 Å². The highest BCUT2D eigenvalue weighted by Gasteiger charge is 2.22. The zero-order valence-corrected chi connectivity index (χ0v) is 17.9. The Morgan fingerprint density at radius 3 is 3.00 bits per heavy atom. The van der Waals surface area contributed by atoms with Crippen LogP contribution in [0.15, 0.2) is 42.0 Å². The first-order valence-corrected chi connectivity index (χ1v) is 11.6. The molecule has 5 rings (SSSR count). The molecule has 7 heteroatoms. The van der Waals surface area contributed by atoms with E-state index in [0.29, 0.717) is 5.92 Å². The number of carbonyl (C=O) groups is 1. The summed E-state index contributed by atoms with van der Waals surface area (Å²) >= 11 is 3.44. The third-order valence-electron chi connectivity index (χ3n) is 5.64. The molecule has 0 bridgehead atoms. The monoisotopic (exact) mass is 422 g/mol. The second kappa shape index (κ2) is 7.72. The molecule has 4 heterocycles. The fourth-order valence-electron chi connectivity index (χ4n) is 4.06. The standard InChI is InChI=1S/C22H22N4OS2/c1-14(27)26-9-2-3-15(7-10-26)21-12-17-18(6-8-23-22(17)29-21)25-16-4-5-20-19(11-16)24-13-28-20/h4-6,8,11-13,15H,2-3,7,9-10H2,1H3,(H,23,25)/t15-/m1/s1. The van der Waals surface area contributed by atoms with E-state index in [2.05, 4.69) is 39.6 Å². The van der Waals surface area contributed by atoms with Gasteiger partial charge in [0.05, 0.1) is 21.4 Å². The number of thiophene rings is 1. The van der Waals surface area contributed by atoms with Gasteiger partial charge in [-0.05, 0) is 55.5 Å². The van der Waals surface area contributed by atoms with Crippen molar-refractivity contribution < 1.29 is 4.79 Å². The van der Waals surface area contributed by atoms with Crippen molar-refractivity contribution in [3.63, 3.8) is 0 Å². The van der Waals surface area contributed by atoms with Gasteiger partial charge in [-0.25, -0.2) is 9.97 Å². The van der Waals surface area contributed by atoms with Gasteiger partial charge in [-0.1, -0.05) is 0 Å². The van der Waals surface area contributed by atoms with Gasteiger partial charge in [0.25, 0.3) is 0 Å². The van der Waals surface area contributed by atoms with Crippen LogP contribution in [0.4, 0.5) is 11.4 Å². The Morgan fingerprint density at radius 2 is 2.10 bits per heavy atom. The Kier molecular flexibility index (Phi) is 4.93. The summed E-state index contributed by atoms with van der Waals surface area (Å²) in [6.45, 7) is 3.39. The molecule has 29 heavy (non-hydrogen) atoms. The first-order valence-electron chi connectivity index (χ1n) is 9.91. The van der Waals surface area contributed by atoms with E-state index in [4.69, 9.17) is 0 Å². The number of hydrogen-bond acceptors (Lipinski definition) is 6. The Balaban J connectivity index is 1.42. The van der Waals surface area contributed by atoms with E-state index in [1.54, 1.807) is 29.6 Å². The summed E-state index contributed by atoms with van der Waals surface area (Å²) in [4.78, 5) is 25.2. The number of nitrogens with one attached hydrogen (secondary N) is 1. The van der Waals surface area contributed by atoms with Gasteiger partial charge in [0, 0.05) is 42.2 Å². The largest absolute Gasteiger partial charge is 0.355 e. The lowest BCUT2D eigenvalue weighted by Gasteiger charge is -2.18. The van der Waals surface area contributed by atoms with Gasteiger partial charge in [-0.15, -0.1) is 22.7 Å². The third-order valence-corrected chi connectivity index (χ3v) is 7.66. The Bertz CT molecular complexity index is 1180. The summed E-state index contributed by atoms with van der Waals surface area (Å²) in [5, 5.41) is 4.72. The lowest BCUT2D eigenvalue weighted by molar-refractivity contribution is -0.128. The molecule has 0 radical (unpaired) electrons. The topological polar surface area (TPSA) is 58.1 Å². The van der Waals surface area contributed by atoms with E-state index in [9.17, 15) is 4.79 Å². The molecule has 3 aromatic heterocycles. The maximum Gasteiger partial charge on any atom is 0.219 e. The number of pyridine rings is 1. The average molecular weight is 423 g/mol. The molecule has 0 aliphatic carbocycles. The maximum absolute atomic E-state index is 11.7. The first kappa shape index (κ1) is 18.5. The van der Waals surface area contributed by atoms with E-state index in [-0.39, 0.29) is 5.91 Å². The van der Waals surface area contributed by atoms with Crippen LogP contribution in [0.2, 0.25) is 0 Å². The molecule has 1 fully saturated rings. The number of hydrogen-bond donors (Lipinski definition) is 1. The van der Waals surface area contributed by atoms with E-state index in [1.807, 2.05) is 22.7 Å². The Morgan fingerprint density at radius 1 is 1.17 bits per heavy atom. The zero-order chi connectivity index (χ0) is 19.8. The lowest BCUT2D eigenvalue weighted by atomic mass is 9.98. The Labute approximate surface area is 177 Å². The fraction of sp³-hybridized carbons (Fsp3) is 0.318. The number of benzene rings is 1. The molecule has 1 aromatic carbocycles. The van der Waals surface area contributed by atoms with E-state index in [1.165, 1.54) is 15.0 Å². The van der Waals surface area contributed by atoms with Gasteiger partial charge < -0.3 is 10.2 Å². The zero-order valence-electron chi connectivity index (χ0n) is 16.2. The van der Waals surface area contributed by atoms with Crippen LogP contribution in [-0.2, 0) is 4.79 Å². The minimum absolute atomic E-state index is 0.187. The molecule has 0 unspecified atom stereocenters. The normalized spacial score (nSPS) is 17.6. The number of amides is 1. The number of nitrogens with zero attached hydrogens (tertiary/aromatic N) is 3. The van der Waals surface area contributed by atoms with Gasteiger partial charge >= 0.3 is 0 Å². The molecule has 0 saturated carbocycles. The molecular weight excluding hydrogens is 400 g/mol. The SMILES string of the molecule is CC(=O)N1CCC[C@@H](c2cc3c(Nc4ccc5scnc5c4)ccnc3s2)CC1. The van der Waals surface area contributed by atoms with Gasteiger partial charge in [0.1, 0.15) is 4.83 Å². The number of carbonyl (C=O) groups excluding carboxylic acids is 1. The molecule has 1 atom stereocenters. The van der Waals surface area contributed by atoms with Crippen molar-refractivity contribution >= 4 is 60.4 Å². The summed E-state index contributed by atoms with van der Waals surface area (Å²) in [6, 6.07) is 10.6. The predicted octanol–water partition coefficient (Wildman–Crippen LogP) is 5.77. The maximum atomic E-state index is 11.7. The van der Waals surface area contributed by atoms with Crippen LogP contribution in [0.1, 0.15) is 37.0 Å². The smallest absolute Gasteiger partial charge is 0.219 e. The first-order chi connectivity index (χ1) is 14.2. The summed E-state index contributed by atoms with van der Waals surface area (Å²) in [7, 11) is 0. The number of thiazole rings is 1. The highest BCUT2D eigenvalue weighted by Crippen LogP contribution is 2.38. The van der Waals surface area contributed by atoms with Crippen molar-refractivity contribution in [3.8, 4) is 0 Å². The second-order valence-electron chi connectivity index (χ2n) is 7.52. The summed E-state index contributed by atoms with van der Waals surface area (Å²) in [6.07, 6.45) is 5.08. The van der Waals surface area contributed by atoms with Crippen molar-refractivity contribution in [1.82, 2.24) is 14.9 Å². The highest BCUT2D eigenvalue weighted by molar-refractivity contribution is 7.18. The van der Waals surface area contributed by atoms with Gasteiger partial charge in [0.2, 0.25) is 5.91 Å². The van der Waals surface area contributed by atoms with Gasteiger partial charge in [0.15, 0.2) is 0 Å². The predicted molar refractivity (Wildman–Crippen MR) is 121 cm³/mol. The minimum atomic E-state index is 0.187. The molecule has 148 valence electrons. The summed E-state index contributed by atoms with van der Waals surface area (Å²) < 4.78 is 1.20. The van der Waals surface area contributed by atoms with E-state index in [0.717, 1.165) is 54.1 Å². The van der Waals surface area contributed by atoms with Crippen LogP contribution in [0.3, 0.4) is 0 Å². The van der Waals surface area contributed by atoms with Crippen LogP contribution in [0.25, 0.3) is 20.4 Å². The summed E-state index contributed by atoms with van der Waals surface area (Å²) in [5.74, 6) is 0.685. The lowest BCUT2D eigenvalue weighted by Crippen LogP contribution is -2.29. The fourth-order valence-corrected chi connectivity index (χ4v) is 5.91. The molecule has 1 N–H and O–H groups in total. The van der Waals surface area contributed by atoms with Crippen molar-refractivity contribution in [1.29, 1.82) is 0 Å². The van der Waals surface area contributed by atoms with Crippen LogP contribution in [0.5, 0.6) is 0 Å². The van der Waals surface area contributed by atoms with Crippen LogP contribution in [0, 0.1) is 0 Å². The van der Waals surface area contributed by atoms with E-state index >= 15 is 0 Å². The van der Waals surface area contributed by atoms with Crippen molar-refractivity contribution in [2.24, 2.45) is 0 Å².